The molecule has 0 saturated carbocycles. The Morgan fingerprint density at radius 1 is 1.17 bits per heavy atom. The third-order valence-corrected chi connectivity index (χ3v) is 2.20. The van der Waals surface area contributed by atoms with E-state index in [1.54, 1.807) is 0 Å². The molecule has 0 aliphatic rings. The third kappa shape index (κ3) is 3.36. The minimum absolute atomic E-state index is 0.112. The van der Waals surface area contributed by atoms with Gasteiger partial charge in [-0.2, -0.15) is 0 Å². The number of amides is 1. The molecular formula is C11H13NO6. The summed E-state index contributed by atoms with van der Waals surface area (Å²) in [5.74, 6) is -2.87. The highest BCUT2D eigenvalue weighted by Crippen LogP contribution is 2.20. The van der Waals surface area contributed by atoms with Crippen molar-refractivity contribution in [3.05, 3.63) is 23.8 Å². The van der Waals surface area contributed by atoms with E-state index in [0.29, 0.717) is 0 Å². The highest BCUT2D eigenvalue weighted by molar-refractivity contribution is 5.97. The van der Waals surface area contributed by atoms with Crippen LogP contribution in [0.2, 0.25) is 0 Å². The minimum atomic E-state index is -1.47. The van der Waals surface area contributed by atoms with Crippen LogP contribution in [0.4, 0.5) is 0 Å². The van der Waals surface area contributed by atoms with E-state index < -0.39 is 24.0 Å². The van der Waals surface area contributed by atoms with Crippen LogP contribution in [0, 0.1) is 0 Å². The molecule has 0 radical (unpaired) electrons. The molecule has 1 aromatic rings. The topological polar surface area (TPSA) is 127 Å². The largest absolute Gasteiger partial charge is 0.508 e. The molecule has 18 heavy (non-hydrogen) atoms. The van der Waals surface area contributed by atoms with Gasteiger partial charge in [0.25, 0.3) is 5.91 Å². The Bertz CT molecular complexity index is 450. The molecule has 5 N–H and O–H groups in total. The number of aliphatic hydroxyl groups excluding tert-OH is 1. The average molecular weight is 255 g/mol. The van der Waals surface area contributed by atoms with Crippen molar-refractivity contribution in [2.45, 2.75) is 19.1 Å². The molecule has 2 atom stereocenters. The molecule has 1 amide bonds. The van der Waals surface area contributed by atoms with Gasteiger partial charge >= 0.3 is 5.97 Å². The van der Waals surface area contributed by atoms with Crippen LogP contribution in [0.5, 0.6) is 11.5 Å². The lowest BCUT2D eigenvalue weighted by atomic mass is 10.1. The number of aliphatic hydroxyl groups is 1. The Kier molecular flexibility index (Phi) is 4.11. The lowest BCUT2D eigenvalue weighted by Crippen LogP contribution is -2.47. The number of hydrogen-bond acceptors (Lipinski definition) is 5. The number of carbonyl (C=O) groups excluding carboxylic acids is 1. The molecule has 7 heteroatoms. The molecule has 1 aromatic carbocycles. The van der Waals surface area contributed by atoms with Crippen molar-refractivity contribution in [1.29, 1.82) is 0 Å². The van der Waals surface area contributed by atoms with Gasteiger partial charge in [0.1, 0.15) is 11.5 Å². The quantitative estimate of drug-likeness (QED) is 0.501. The first kappa shape index (κ1) is 13.8. The van der Waals surface area contributed by atoms with E-state index in [-0.39, 0.29) is 17.1 Å². The Balaban J connectivity index is 2.90. The molecule has 0 aromatic heterocycles. The first-order valence-corrected chi connectivity index (χ1v) is 5.06. The second-order valence-corrected chi connectivity index (χ2v) is 3.77. The standard InChI is InChI=1S/C11H13NO6/c1-5(13)9(11(17)18)12-10(16)6-2-7(14)4-8(15)3-6/h2-5,9,13-15H,1H3,(H,12,16)(H,17,18). The molecule has 0 heterocycles. The number of carbonyl (C=O) groups is 2. The molecule has 0 aliphatic heterocycles. The second-order valence-electron chi connectivity index (χ2n) is 3.77. The van der Waals surface area contributed by atoms with Crippen molar-refractivity contribution in [1.82, 2.24) is 5.32 Å². The summed E-state index contributed by atoms with van der Waals surface area (Å²) in [6.45, 7) is 1.22. The van der Waals surface area contributed by atoms with Crippen molar-refractivity contribution >= 4 is 11.9 Å². The smallest absolute Gasteiger partial charge is 0.328 e. The molecule has 7 nitrogen and oxygen atoms in total. The normalized spacial score (nSPS) is 13.7. The van der Waals surface area contributed by atoms with E-state index in [0.717, 1.165) is 18.2 Å². The van der Waals surface area contributed by atoms with Crippen molar-refractivity contribution in [2.24, 2.45) is 0 Å². The van der Waals surface area contributed by atoms with Gasteiger partial charge in [-0.25, -0.2) is 4.79 Å². The van der Waals surface area contributed by atoms with Crippen molar-refractivity contribution < 1.29 is 30.0 Å². The van der Waals surface area contributed by atoms with Gasteiger partial charge in [0.15, 0.2) is 6.04 Å². The lowest BCUT2D eigenvalue weighted by molar-refractivity contribution is -0.141. The maximum atomic E-state index is 11.7. The monoisotopic (exact) mass is 255 g/mol. The van der Waals surface area contributed by atoms with E-state index in [1.807, 2.05) is 0 Å². The van der Waals surface area contributed by atoms with Crippen LogP contribution in [0.1, 0.15) is 17.3 Å². The summed E-state index contributed by atoms with van der Waals surface area (Å²) in [6.07, 6.45) is -1.28. The van der Waals surface area contributed by atoms with Crippen LogP contribution >= 0.6 is 0 Å². The molecule has 1 rings (SSSR count). The van der Waals surface area contributed by atoms with E-state index in [9.17, 15) is 24.9 Å². The summed E-state index contributed by atoms with van der Waals surface area (Å²) < 4.78 is 0. The molecule has 98 valence electrons. The van der Waals surface area contributed by atoms with Crippen molar-refractivity contribution in [2.75, 3.05) is 0 Å². The Morgan fingerprint density at radius 2 is 1.67 bits per heavy atom. The SMILES string of the molecule is CC(O)C(NC(=O)c1cc(O)cc(O)c1)C(=O)O. The van der Waals surface area contributed by atoms with Crippen LogP contribution in [0.25, 0.3) is 0 Å². The van der Waals surface area contributed by atoms with E-state index in [1.165, 1.54) is 6.92 Å². The summed E-state index contributed by atoms with van der Waals surface area (Å²) >= 11 is 0. The predicted molar refractivity (Wildman–Crippen MR) is 60.3 cm³/mol. The fraction of sp³-hybridized carbons (Fsp3) is 0.273. The zero-order valence-corrected chi connectivity index (χ0v) is 9.49. The van der Waals surface area contributed by atoms with Gasteiger partial charge in [0.2, 0.25) is 0 Å². The Labute approximate surface area is 102 Å². The summed E-state index contributed by atoms with van der Waals surface area (Å²) in [4.78, 5) is 22.4. The zero-order valence-electron chi connectivity index (χ0n) is 9.49. The van der Waals surface area contributed by atoms with Gasteiger partial charge < -0.3 is 25.7 Å². The van der Waals surface area contributed by atoms with E-state index in [4.69, 9.17) is 5.11 Å². The summed E-state index contributed by atoms with van der Waals surface area (Å²) in [5.41, 5.74) is -0.112. The van der Waals surface area contributed by atoms with Gasteiger partial charge in [0.05, 0.1) is 6.10 Å². The fourth-order valence-corrected chi connectivity index (χ4v) is 1.34. The van der Waals surface area contributed by atoms with Gasteiger partial charge in [-0.05, 0) is 19.1 Å². The molecule has 0 saturated heterocycles. The number of carboxylic acids is 1. The number of hydrogen-bond donors (Lipinski definition) is 5. The Hall–Kier alpha value is -2.28. The number of aliphatic carboxylic acids is 1. The van der Waals surface area contributed by atoms with Gasteiger partial charge in [0, 0.05) is 11.6 Å². The molecule has 0 aliphatic carbocycles. The number of nitrogens with one attached hydrogen (secondary N) is 1. The van der Waals surface area contributed by atoms with Crippen molar-refractivity contribution in [3.63, 3.8) is 0 Å². The fourth-order valence-electron chi connectivity index (χ4n) is 1.34. The Morgan fingerprint density at radius 3 is 2.06 bits per heavy atom. The second kappa shape index (κ2) is 5.37. The maximum absolute atomic E-state index is 11.7. The number of carboxylic acid groups (broad SMARTS) is 1. The number of rotatable bonds is 4. The van der Waals surface area contributed by atoms with Crippen LogP contribution < -0.4 is 5.32 Å². The molecule has 2 unspecified atom stereocenters. The van der Waals surface area contributed by atoms with Gasteiger partial charge in [-0.1, -0.05) is 0 Å². The van der Waals surface area contributed by atoms with Crippen LogP contribution in [0.15, 0.2) is 18.2 Å². The minimum Gasteiger partial charge on any atom is -0.508 e. The average Bonchev–Trinajstić information content (AvgIpc) is 2.23. The summed E-state index contributed by atoms with van der Waals surface area (Å²) in [6, 6.07) is 1.69. The molecule has 0 fully saturated rings. The lowest BCUT2D eigenvalue weighted by Gasteiger charge is -2.17. The number of benzene rings is 1. The number of phenolic OH excluding ortho intramolecular Hbond substituents is 2. The first-order chi connectivity index (χ1) is 8.31. The highest BCUT2D eigenvalue weighted by atomic mass is 16.4. The molecular weight excluding hydrogens is 242 g/mol. The van der Waals surface area contributed by atoms with Crippen molar-refractivity contribution in [3.8, 4) is 11.5 Å². The maximum Gasteiger partial charge on any atom is 0.328 e. The molecule has 0 spiro atoms. The van der Waals surface area contributed by atoms with E-state index >= 15 is 0 Å². The predicted octanol–water partition coefficient (Wildman–Crippen LogP) is -0.338. The van der Waals surface area contributed by atoms with E-state index in [2.05, 4.69) is 5.32 Å². The van der Waals surface area contributed by atoms with Gasteiger partial charge in [-0.15, -0.1) is 0 Å². The number of phenols is 2. The summed E-state index contributed by atoms with van der Waals surface area (Å²) in [5, 5.41) is 38.4. The van der Waals surface area contributed by atoms with Crippen LogP contribution in [0.3, 0.4) is 0 Å². The third-order valence-electron chi connectivity index (χ3n) is 2.20. The number of aromatic hydroxyl groups is 2. The van der Waals surface area contributed by atoms with Crippen LogP contribution in [-0.2, 0) is 4.79 Å². The summed E-state index contributed by atoms with van der Waals surface area (Å²) in [7, 11) is 0. The first-order valence-electron chi connectivity index (χ1n) is 5.06. The molecule has 0 bridgehead atoms. The van der Waals surface area contributed by atoms with Crippen LogP contribution in [-0.4, -0.2) is 44.4 Å². The zero-order chi connectivity index (χ0) is 13.9. The van der Waals surface area contributed by atoms with Gasteiger partial charge in [-0.3, -0.25) is 4.79 Å². The highest BCUT2D eigenvalue weighted by Gasteiger charge is 2.25.